The molecule has 0 aliphatic carbocycles. The van der Waals surface area contributed by atoms with Crippen LogP contribution in [0.2, 0.25) is 0 Å². The Balaban J connectivity index is 1.51. The molecule has 0 radical (unpaired) electrons. The average molecular weight is 364 g/mol. The van der Waals surface area contributed by atoms with E-state index in [1.807, 2.05) is 42.6 Å². The first-order valence-electron chi connectivity index (χ1n) is 8.05. The van der Waals surface area contributed by atoms with Gasteiger partial charge < -0.3 is 5.32 Å². The zero-order valence-electron chi connectivity index (χ0n) is 13.9. The first-order valence-corrected chi connectivity index (χ1v) is 9.04. The predicted octanol–water partition coefficient (Wildman–Crippen LogP) is 5.16. The molecule has 1 N–H and O–H groups in total. The van der Waals surface area contributed by atoms with Crippen molar-refractivity contribution in [1.29, 1.82) is 0 Å². The van der Waals surface area contributed by atoms with E-state index < -0.39 is 0 Å². The number of pyridine rings is 1. The number of hydrogen-bond donors (Lipinski definition) is 1. The lowest BCUT2D eigenvalue weighted by Gasteiger charge is -2.05. The SMILES string of the molecule is O=C(/C=C/c1ccc(F)cc1)Nc1ccc(SCc2cccnc2)cc1. The van der Waals surface area contributed by atoms with Crippen LogP contribution in [0.3, 0.4) is 0 Å². The Bertz CT molecular complexity index is 878. The molecule has 1 aromatic heterocycles. The highest BCUT2D eigenvalue weighted by atomic mass is 32.2. The van der Waals surface area contributed by atoms with E-state index in [9.17, 15) is 9.18 Å². The molecule has 130 valence electrons. The number of anilines is 1. The molecule has 0 spiro atoms. The van der Waals surface area contributed by atoms with Crippen molar-refractivity contribution in [3.8, 4) is 0 Å². The second-order valence-corrected chi connectivity index (χ2v) is 6.60. The Morgan fingerprint density at radius 1 is 1.08 bits per heavy atom. The van der Waals surface area contributed by atoms with Gasteiger partial charge in [0.1, 0.15) is 5.82 Å². The number of amides is 1. The van der Waals surface area contributed by atoms with Gasteiger partial charge in [0.2, 0.25) is 5.91 Å². The molecule has 1 amide bonds. The summed E-state index contributed by atoms with van der Waals surface area (Å²) in [6.45, 7) is 0. The molecule has 0 atom stereocenters. The predicted molar refractivity (Wildman–Crippen MR) is 104 cm³/mol. The van der Waals surface area contributed by atoms with Crippen LogP contribution in [0.15, 0.2) is 84.0 Å². The van der Waals surface area contributed by atoms with Crippen LogP contribution in [0.5, 0.6) is 0 Å². The first-order chi connectivity index (χ1) is 12.7. The second-order valence-electron chi connectivity index (χ2n) is 5.55. The number of carbonyl (C=O) groups excluding carboxylic acids is 1. The summed E-state index contributed by atoms with van der Waals surface area (Å²) in [5.74, 6) is 0.318. The van der Waals surface area contributed by atoms with Gasteiger partial charge in [-0.25, -0.2) is 4.39 Å². The van der Waals surface area contributed by atoms with Gasteiger partial charge in [0.15, 0.2) is 0 Å². The molecule has 0 fully saturated rings. The molecule has 2 aromatic carbocycles. The van der Waals surface area contributed by atoms with Crippen LogP contribution < -0.4 is 5.32 Å². The maximum Gasteiger partial charge on any atom is 0.248 e. The highest BCUT2D eigenvalue weighted by Crippen LogP contribution is 2.23. The van der Waals surface area contributed by atoms with E-state index in [1.165, 1.54) is 23.8 Å². The molecule has 0 aliphatic heterocycles. The monoisotopic (exact) mass is 364 g/mol. The number of aromatic nitrogens is 1. The number of thioether (sulfide) groups is 1. The Kier molecular flexibility index (Phi) is 6.17. The summed E-state index contributed by atoms with van der Waals surface area (Å²) in [6, 6.07) is 17.6. The lowest BCUT2D eigenvalue weighted by molar-refractivity contribution is -0.111. The zero-order chi connectivity index (χ0) is 18.2. The van der Waals surface area contributed by atoms with Gasteiger partial charge in [-0.15, -0.1) is 11.8 Å². The maximum absolute atomic E-state index is 12.8. The normalized spacial score (nSPS) is 10.8. The third kappa shape index (κ3) is 5.57. The lowest BCUT2D eigenvalue weighted by atomic mass is 10.2. The average Bonchev–Trinajstić information content (AvgIpc) is 2.68. The minimum Gasteiger partial charge on any atom is -0.323 e. The molecule has 0 saturated carbocycles. The van der Waals surface area contributed by atoms with Crippen molar-refractivity contribution in [3.05, 3.63) is 96.1 Å². The lowest BCUT2D eigenvalue weighted by Crippen LogP contribution is -2.07. The molecule has 0 unspecified atom stereocenters. The molecule has 5 heteroatoms. The zero-order valence-corrected chi connectivity index (χ0v) is 14.7. The van der Waals surface area contributed by atoms with Gasteiger partial charge in [-0.2, -0.15) is 0 Å². The number of hydrogen-bond acceptors (Lipinski definition) is 3. The number of halogens is 1. The van der Waals surface area contributed by atoms with Crippen LogP contribution in [0.1, 0.15) is 11.1 Å². The molecule has 0 bridgehead atoms. The van der Waals surface area contributed by atoms with Crippen LogP contribution in [-0.2, 0) is 10.5 Å². The summed E-state index contributed by atoms with van der Waals surface area (Å²) in [6.07, 6.45) is 6.69. The van der Waals surface area contributed by atoms with Gasteiger partial charge in [0.25, 0.3) is 0 Å². The molecular formula is C21H17FN2OS. The third-order valence-corrected chi connectivity index (χ3v) is 4.63. The molecule has 0 saturated heterocycles. The van der Waals surface area contributed by atoms with Crippen LogP contribution in [0.4, 0.5) is 10.1 Å². The first kappa shape index (κ1) is 17.9. The van der Waals surface area contributed by atoms with E-state index in [2.05, 4.69) is 10.3 Å². The number of nitrogens with one attached hydrogen (secondary N) is 1. The molecule has 0 aliphatic rings. The van der Waals surface area contributed by atoms with Gasteiger partial charge in [0.05, 0.1) is 0 Å². The van der Waals surface area contributed by atoms with E-state index in [1.54, 1.807) is 36.2 Å². The van der Waals surface area contributed by atoms with E-state index >= 15 is 0 Å². The van der Waals surface area contributed by atoms with Gasteiger partial charge in [-0.05, 0) is 59.7 Å². The number of nitrogens with zero attached hydrogens (tertiary/aromatic N) is 1. The van der Waals surface area contributed by atoms with E-state index in [-0.39, 0.29) is 11.7 Å². The number of benzene rings is 2. The van der Waals surface area contributed by atoms with Crippen LogP contribution >= 0.6 is 11.8 Å². The minimum absolute atomic E-state index is 0.231. The molecule has 3 nitrogen and oxygen atoms in total. The molecular weight excluding hydrogens is 347 g/mol. The summed E-state index contributed by atoms with van der Waals surface area (Å²) in [5.41, 5.74) is 2.66. The van der Waals surface area contributed by atoms with Gasteiger partial charge in [-0.1, -0.05) is 18.2 Å². The summed E-state index contributed by atoms with van der Waals surface area (Å²) >= 11 is 1.71. The highest BCUT2D eigenvalue weighted by Gasteiger charge is 2.00. The summed E-state index contributed by atoms with van der Waals surface area (Å²) < 4.78 is 12.8. The Hall–Kier alpha value is -2.92. The van der Waals surface area contributed by atoms with Crippen molar-refractivity contribution in [1.82, 2.24) is 4.98 Å². The van der Waals surface area contributed by atoms with Crippen LogP contribution in [0.25, 0.3) is 6.08 Å². The quantitative estimate of drug-likeness (QED) is 0.485. The Morgan fingerprint density at radius 2 is 1.85 bits per heavy atom. The Morgan fingerprint density at radius 3 is 2.54 bits per heavy atom. The van der Waals surface area contributed by atoms with E-state index in [0.717, 1.165) is 21.9 Å². The summed E-state index contributed by atoms with van der Waals surface area (Å²) in [7, 11) is 0. The largest absolute Gasteiger partial charge is 0.323 e. The fourth-order valence-electron chi connectivity index (χ4n) is 2.21. The standard InChI is InChI=1S/C21H17FN2OS/c22-18-6-3-16(4-7-18)5-12-21(25)24-19-8-10-20(11-9-19)26-15-17-2-1-13-23-14-17/h1-14H,15H2,(H,24,25)/b12-5+. The van der Waals surface area contributed by atoms with Crippen LogP contribution in [0, 0.1) is 5.82 Å². The molecule has 3 aromatic rings. The van der Waals surface area contributed by atoms with Crippen molar-refractivity contribution in [2.45, 2.75) is 10.6 Å². The smallest absolute Gasteiger partial charge is 0.248 e. The highest BCUT2D eigenvalue weighted by molar-refractivity contribution is 7.98. The van der Waals surface area contributed by atoms with Crippen molar-refractivity contribution in [2.75, 3.05) is 5.32 Å². The maximum atomic E-state index is 12.8. The molecule has 3 rings (SSSR count). The topological polar surface area (TPSA) is 42.0 Å². The van der Waals surface area contributed by atoms with Crippen LogP contribution in [-0.4, -0.2) is 10.9 Å². The summed E-state index contributed by atoms with van der Waals surface area (Å²) in [4.78, 5) is 17.2. The van der Waals surface area contributed by atoms with Crippen molar-refractivity contribution in [2.24, 2.45) is 0 Å². The van der Waals surface area contributed by atoms with E-state index in [0.29, 0.717) is 0 Å². The fraction of sp³-hybridized carbons (Fsp3) is 0.0476. The fourth-order valence-corrected chi connectivity index (χ4v) is 3.05. The molecule has 1 heterocycles. The molecule has 26 heavy (non-hydrogen) atoms. The van der Waals surface area contributed by atoms with Gasteiger partial charge in [-0.3, -0.25) is 9.78 Å². The third-order valence-electron chi connectivity index (χ3n) is 3.55. The number of rotatable bonds is 6. The minimum atomic E-state index is -0.298. The van der Waals surface area contributed by atoms with Crippen molar-refractivity contribution in [3.63, 3.8) is 0 Å². The summed E-state index contributed by atoms with van der Waals surface area (Å²) in [5, 5.41) is 2.81. The van der Waals surface area contributed by atoms with Crippen molar-refractivity contribution < 1.29 is 9.18 Å². The Labute approximate surface area is 156 Å². The van der Waals surface area contributed by atoms with Gasteiger partial charge in [0, 0.05) is 34.8 Å². The number of carbonyl (C=O) groups is 1. The van der Waals surface area contributed by atoms with Gasteiger partial charge >= 0.3 is 0 Å². The van der Waals surface area contributed by atoms with E-state index in [4.69, 9.17) is 0 Å². The van der Waals surface area contributed by atoms with Crippen molar-refractivity contribution >= 4 is 29.4 Å². The second kappa shape index (κ2) is 8.97.